The molecule has 314 valence electrons. The maximum Gasteiger partial charge on any atom is 0.246 e. The minimum absolute atomic E-state index is 0.0559. The topological polar surface area (TPSA) is 165 Å². The molecule has 0 N–H and O–H groups in total. The van der Waals surface area contributed by atoms with Crippen molar-refractivity contribution in [3.05, 3.63) is 104 Å². The van der Waals surface area contributed by atoms with Crippen molar-refractivity contribution < 1.29 is 26.4 Å². The highest BCUT2D eigenvalue weighted by Crippen LogP contribution is 2.36. The van der Waals surface area contributed by atoms with Crippen molar-refractivity contribution in [1.29, 1.82) is 0 Å². The van der Waals surface area contributed by atoms with Crippen molar-refractivity contribution in [3.63, 3.8) is 0 Å². The first kappa shape index (κ1) is 40.0. The summed E-state index contributed by atoms with van der Waals surface area (Å²) in [6, 6.07) is 23.0. The summed E-state index contributed by atoms with van der Waals surface area (Å²) in [5.74, 6) is 1.51. The molecule has 8 heterocycles. The number of sulfonamides is 2. The lowest BCUT2D eigenvalue weighted by Crippen LogP contribution is -2.59. The zero-order valence-corrected chi connectivity index (χ0v) is 35.0. The van der Waals surface area contributed by atoms with Gasteiger partial charge in [-0.15, -0.1) is 0 Å². The Hall–Kier alpha value is -5.43. The van der Waals surface area contributed by atoms with E-state index in [1.807, 2.05) is 58.5 Å². The van der Waals surface area contributed by atoms with Crippen LogP contribution >= 0.6 is 0 Å². The number of piperazine rings is 1. The number of amides is 2. The summed E-state index contributed by atoms with van der Waals surface area (Å²) in [7, 11) is -5.53. The molecule has 0 bridgehead atoms. The number of fused-ring (bicyclic) bond motifs is 2. The number of likely N-dealkylation sites (tertiary alicyclic amines) is 1. The van der Waals surface area contributed by atoms with Gasteiger partial charge >= 0.3 is 0 Å². The Kier molecular flexibility index (Phi) is 10.8. The van der Waals surface area contributed by atoms with E-state index in [-0.39, 0.29) is 59.6 Å². The van der Waals surface area contributed by atoms with Gasteiger partial charge in [0.2, 0.25) is 31.9 Å². The van der Waals surface area contributed by atoms with Gasteiger partial charge in [0, 0.05) is 139 Å². The summed E-state index contributed by atoms with van der Waals surface area (Å²) in [4.78, 5) is 43.2. The van der Waals surface area contributed by atoms with Crippen molar-refractivity contribution in [2.75, 3.05) is 88.3 Å². The highest BCUT2D eigenvalue weighted by molar-refractivity contribution is 7.89. The standard InChI is InChI=1S/C24H25N5O3S.C18H23N5O3S/c30-24(28-13-18-11-27(12-19(18)14-28)23-6-1-2-8-26-23)20-15-29(16-20)33(31,32)22-5-3-4-17-10-25-9-7-21(17)22;1-20-14-17(11-19-20)27(25,26)23-12-15(13-23)18(24)22-9-7-21(8-10-22)16-5-3-2-4-6-16/h1-10,18-20H,11-16H2;2-6,11,14-15H,7-10,12-13H2,1H3. The first-order chi connectivity index (χ1) is 29.0. The van der Waals surface area contributed by atoms with Gasteiger partial charge in [-0.2, -0.15) is 13.7 Å². The van der Waals surface area contributed by atoms with E-state index in [4.69, 9.17) is 0 Å². The van der Waals surface area contributed by atoms with Crippen LogP contribution in [0.15, 0.2) is 114 Å². The third-order valence-electron chi connectivity index (χ3n) is 12.5. The highest BCUT2D eigenvalue weighted by Gasteiger charge is 2.47. The van der Waals surface area contributed by atoms with Crippen LogP contribution in [-0.2, 0) is 36.7 Å². The largest absolute Gasteiger partial charge is 0.368 e. The summed E-state index contributed by atoms with van der Waals surface area (Å²) in [5.41, 5.74) is 1.17. The second-order valence-electron chi connectivity index (χ2n) is 16.2. The molecule has 2 aromatic carbocycles. The average molecular weight is 853 g/mol. The van der Waals surface area contributed by atoms with Gasteiger partial charge < -0.3 is 19.6 Å². The maximum absolute atomic E-state index is 13.2. The van der Waals surface area contributed by atoms with Crippen LogP contribution in [0.2, 0.25) is 0 Å². The van der Waals surface area contributed by atoms with Gasteiger partial charge in [-0.3, -0.25) is 19.3 Å². The quantitative estimate of drug-likeness (QED) is 0.225. The molecule has 5 aliphatic heterocycles. The van der Waals surface area contributed by atoms with E-state index in [0.717, 1.165) is 50.5 Å². The van der Waals surface area contributed by atoms with Crippen molar-refractivity contribution >= 4 is 54.1 Å². The molecule has 10 rings (SSSR count). The van der Waals surface area contributed by atoms with Gasteiger partial charge in [-0.1, -0.05) is 36.4 Å². The lowest BCUT2D eigenvalue weighted by molar-refractivity contribution is -0.139. The number of carbonyl (C=O) groups is 2. The Labute approximate surface area is 350 Å². The van der Waals surface area contributed by atoms with Crippen LogP contribution in [0.25, 0.3) is 10.8 Å². The first-order valence-electron chi connectivity index (χ1n) is 20.3. The molecule has 2 atom stereocenters. The molecule has 60 heavy (non-hydrogen) atoms. The molecule has 16 nitrogen and oxygen atoms in total. The van der Waals surface area contributed by atoms with Crippen LogP contribution in [0.3, 0.4) is 0 Å². The highest BCUT2D eigenvalue weighted by atomic mass is 32.2. The lowest BCUT2D eigenvalue weighted by atomic mass is 10.0. The Morgan fingerprint density at radius 3 is 1.90 bits per heavy atom. The third-order valence-corrected chi connectivity index (χ3v) is 16.1. The van der Waals surface area contributed by atoms with Crippen LogP contribution < -0.4 is 9.80 Å². The minimum atomic E-state index is -3.65. The van der Waals surface area contributed by atoms with E-state index in [1.165, 1.54) is 31.4 Å². The van der Waals surface area contributed by atoms with E-state index in [1.54, 1.807) is 37.6 Å². The number of hydrogen-bond acceptors (Lipinski definition) is 11. The molecule has 5 aliphatic rings. The first-order valence-corrected chi connectivity index (χ1v) is 23.2. The van der Waals surface area contributed by atoms with Gasteiger partial charge in [0.25, 0.3) is 0 Å². The summed E-state index contributed by atoms with van der Waals surface area (Å²) in [5, 5.41) is 5.36. The van der Waals surface area contributed by atoms with Crippen molar-refractivity contribution in [1.82, 2.24) is 38.2 Å². The number of rotatable bonds is 8. The third kappa shape index (κ3) is 7.72. The predicted molar refractivity (Wildman–Crippen MR) is 225 cm³/mol. The molecule has 0 aliphatic carbocycles. The number of pyridine rings is 2. The minimum Gasteiger partial charge on any atom is -0.368 e. The number of aromatic nitrogens is 4. The molecular formula is C42H48N10O6S2. The summed E-state index contributed by atoms with van der Waals surface area (Å²) in [6.45, 7) is 7.20. The zero-order chi connectivity index (χ0) is 41.6. The average Bonchev–Trinajstić information content (AvgIpc) is 3.96. The number of anilines is 2. The fourth-order valence-electron chi connectivity index (χ4n) is 8.96. The second-order valence-corrected chi connectivity index (χ2v) is 20.1. The van der Waals surface area contributed by atoms with E-state index >= 15 is 0 Å². The van der Waals surface area contributed by atoms with Crippen LogP contribution in [0.5, 0.6) is 0 Å². The van der Waals surface area contributed by atoms with Gasteiger partial charge in [0.15, 0.2) is 0 Å². The van der Waals surface area contributed by atoms with Crippen LogP contribution in [0.4, 0.5) is 11.5 Å². The molecular weight excluding hydrogens is 805 g/mol. The molecule has 0 radical (unpaired) electrons. The van der Waals surface area contributed by atoms with Crippen LogP contribution in [0.1, 0.15) is 0 Å². The Morgan fingerprint density at radius 2 is 1.27 bits per heavy atom. The number of aryl methyl sites for hydroxylation is 1. The Morgan fingerprint density at radius 1 is 0.617 bits per heavy atom. The molecule has 18 heteroatoms. The molecule has 5 saturated heterocycles. The normalized spacial score (nSPS) is 21.6. The van der Waals surface area contributed by atoms with Crippen molar-refractivity contribution in [2.24, 2.45) is 30.7 Å². The molecule has 3 aromatic heterocycles. The monoisotopic (exact) mass is 852 g/mol. The number of benzene rings is 2. The summed E-state index contributed by atoms with van der Waals surface area (Å²) < 4.78 is 55.7. The molecule has 0 spiro atoms. The van der Waals surface area contributed by atoms with Gasteiger partial charge in [0.05, 0.1) is 22.9 Å². The van der Waals surface area contributed by atoms with Gasteiger partial charge in [0.1, 0.15) is 10.7 Å². The molecule has 5 fully saturated rings. The van der Waals surface area contributed by atoms with E-state index in [2.05, 4.69) is 37.0 Å². The Bertz CT molecular complexity index is 2560. The van der Waals surface area contributed by atoms with Crippen molar-refractivity contribution in [2.45, 2.75) is 9.79 Å². The van der Waals surface area contributed by atoms with Gasteiger partial charge in [-0.05, 0) is 36.4 Å². The zero-order valence-electron chi connectivity index (χ0n) is 33.3. The summed E-state index contributed by atoms with van der Waals surface area (Å²) in [6.07, 6.45) is 7.89. The fraction of sp³-hybridized carbons (Fsp3) is 0.405. The van der Waals surface area contributed by atoms with E-state index in [9.17, 15) is 26.4 Å². The van der Waals surface area contributed by atoms with Crippen LogP contribution in [-0.4, -0.2) is 145 Å². The Balaban J connectivity index is 0.000000158. The molecule has 2 unspecified atom stereocenters. The second kappa shape index (κ2) is 16.2. The smallest absolute Gasteiger partial charge is 0.246 e. The number of hydrogen-bond donors (Lipinski definition) is 0. The van der Waals surface area contributed by atoms with Crippen LogP contribution in [0, 0.1) is 23.7 Å². The predicted octanol–water partition coefficient (Wildman–Crippen LogP) is 2.23. The maximum atomic E-state index is 13.2. The van der Waals surface area contributed by atoms with Gasteiger partial charge in [-0.25, -0.2) is 21.8 Å². The number of carbonyl (C=O) groups excluding carboxylic acids is 2. The van der Waals surface area contributed by atoms with E-state index < -0.39 is 20.0 Å². The lowest BCUT2D eigenvalue weighted by Gasteiger charge is -2.42. The van der Waals surface area contributed by atoms with E-state index in [0.29, 0.717) is 30.3 Å². The molecule has 0 saturated carbocycles. The number of nitrogens with zero attached hydrogens (tertiary/aromatic N) is 10. The van der Waals surface area contributed by atoms with Crippen molar-refractivity contribution in [3.8, 4) is 0 Å². The number of para-hydroxylation sites is 1. The summed E-state index contributed by atoms with van der Waals surface area (Å²) >= 11 is 0. The fourth-order valence-corrected chi connectivity index (χ4v) is 12.2. The molecule has 2 amide bonds. The SMILES string of the molecule is Cn1cc(S(=O)(=O)N2CC(C(=O)N3CCN(c4ccccc4)CC3)C2)cn1.O=C(C1CN(S(=O)(=O)c2cccc3cnccc23)C1)N1CC2CN(c3ccccn3)CC2C1. The molecule has 5 aromatic rings.